The van der Waals surface area contributed by atoms with E-state index in [9.17, 15) is 30.0 Å². The molecule has 0 aliphatic heterocycles. The van der Waals surface area contributed by atoms with E-state index in [2.05, 4.69) is 0 Å². The Morgan fingerprint density at radius 3 is 0.714 bits per heavy atom. The Morgan fingerprint density at radius 1 is 0.536 bits per heavy atom. The van der Waals surface area contributed by atoms with Crippen LogP contribution >= 0.6 is 0 Å². The summed E-state index contributed by atoms with van der Waals surface area (Å²) in [5.41, 5.74) is 0. The van der Waals surface area contributed by atoms with E-state index >= 15 is 0 Å². The van der Waals surface area contributed by atoms with Gasteiger partial charge in [0.25, 0.3) is 0 Å². The molecule has 0 aliphatic rings. The monoisotopic (exact) mass is 482 g/mol. The van der Waals surface area contributed by atoms with Gasteiger partial charge in [0.15, 0.2) is 0 Å². The molecule has 7 heteroatoms. The largest absolute Gasteiger partial charge is 4.00 e. The summed E-state index contributed by atoms with van der Waals surface area (Å²) in [6.07, 6.45) is 7.54. The van der Waals surface area contributed by atoms with E-state index in [-0.39, 0.29) is 70.6 Å². The van der Waals surface area contributed by atoms with Crippen LogP contribution in [-0.4, -0.2) is 38.0 Å². The van der Waals surface area contributed by atoms with Gasteiger partial charge >= 0.3 is 26.2 Å². The molecule has 0 aromatic carbocycles. The maximum absolute atomic E-state index is 10.0. The molecule has 0 heterocycles. The number of Topliss-reactive ketones (excluding diaryl/α,β-unsaturated/α-hetero) is 2. The summed E-state index contributed by atoms with van der Waals surface area (Å²) in [4.78, 5) is 20.1. The van der Waals surface area contributed by atoms with E-state index in [0.717, 1.165) is 51.4 Å². The van der Waals surface area contributed by atoms with Crippen LogP contribution in [0.3, 0.4) is 0 Å². The van der Waals surface area contributed by atoms with Crippen LogP contribution in [0.25, 0.3) is 0 Å². The molecule has 6 nitrogen and oxygen atoms in total. The Labute approximate surface area is 193 Å². The second-order valence-electron chi connectivity index (χ2n) is 5.81. The zero-order chi connectivity index (χ0) is 22.3. The molecule has 0 amide bonds. The van der Waals surface area contributed by atoms with E-state index < -0.39 is 0 Å². The molecule has 0 aromatic rings. The van der Waals surface area contributed by atoms with Gasteiger partial charge < -0.3 is 20.4 Å². The van der Waals surface area contributed by atoms with Crippen molar-refractivity contribution in [3.63, 3.8) is 0 Å². The second kappa shape index (κ2) is 50.6. The molecule has 0 aromatic heterocycles. The number of ketones is 2. The van der Waals surface area contributed by atoms with Gasteiger partial charge in [-0.1, -0.05) is 79.1 Å². The van der Waals surface area contributed by atoms with Gasteiger partial charge in [0.2, 0.25) is 0 Å². The molecule has 28 heavy (non-hydrogen) atoms. The van der Waals surface area contributed by atoms with Gasteiger partial charge in [-0.2, -0.15) is 0 Å². The Kier molecular flexibility index (Phi) is 76.3. The van der Waals surface area contributed by atoms with Gasteiger partial charge in [-0.05, 0) is 13.8 Å². The minimum atomic E-state index is -0.0625. The summed E-state index contributed by atoms with van der Waals surface area (Å²) in [7, 11) is 0. The van der Waals surface area contributed by atoms with Crippen LogP contribution in [0, 0.1) is 0 Å². The topological polar surface area (TPSA) is 126 Å². The first-order valence-electron chi connectivity index (χ1n) is 10.1. The first-order chi connectivity index (χ1) is 12.8. The number of hydrogen-bond donors (Lipinski definition) is 0. The SMILES string of the molecule is CC(=O)CC(C)=O.CCCC[O-].CCCC[O-].CCCC[O-].CCCC[O-].[Zr+4]. The molecule has 168 valence electrons. The molecular weight excluding hydrogens is 439 g/mol. The van der Waals surface area contributed by atoms with Crippen LogP contribution in [0.2, 0.25) is 0 Å². The summed E-state index contributed by atoms with van der Waals surface area (Å²) in [6.45, 7) is 11.2. The summed E-state index contributed by atoms with van der Waals surface area (Å²) in [5.74, 6) is -0.125. The van der Waals surface area contributed by atoms with Crippen LogP contribution in [0.1, 0.15) is 99.3 Å². The Balaban J connectivity index is -0.0000000540. The average Bonchev–Trinajstić information content (AvgIpc) is 2.59. The van der Waals surface area contributed by atoms with E-state index in [0.29, 0.717) is 0 Å². The Bertz CT molecular complexity index is 207. The molecule has 0 atom stereocenters. The van der Waals surface area contributed by atoms with Crippen LogP contribution in [0.5, 0.6) is 0 Å². The van der Waals surface area contributed by atoms with E-state index in [4.69, 9.17) is 0 Å². The quantitative estimate of drug-likeness (QED) is 0.429. The first-order valence-corrected chi connectivity index (χ1v) is 10.1. The number of unbranched alkanes of at least 4 members (excludes halogenated alkanes) is 4. The molecule has 0 radical (unpaired) electrons. The van der Waals surface area contributed by atoms with Crippen LogP contribution in [0.4, 0.5) is 0 Å². The smallest absolute Gasteiger partial charge is 0.854 e. The summed E-state index contributed by atoms with van der Waals surface area (Å²) in [5, 5.41) is 38.1. The normalized spacial score (nSPS) is 8.07. The van der Waals surface area contributed by atoms with Gasteiger partial charge in [0, 0.05) is 0 Å². The minimum absolute atomic E-state index is 0. The van der Waals surface area contributed by atoms with Gasteiger partial charge in [0.05, 0.1) is 6.42 Å². The van der Waals surface area contributed by atoms with Crippen LogP contribution in [-0.2, 0) is 35.8 Å². The van der Waals surface area contributed by atoms with Crippen molar-refractivity contribution in [3.8, 4) is 0 Å². The molecule has 0 rings (SSSR count). The molecule has 0 aliphatic carbocycles. The fraction of sp³-hybridized carbons (Fsp3) is 0.905. The van der Waals surface area contributed by atoms with Gasteiger partial charge in [-0.25, -0.2) is 0 Å². The van der Waals surface area contributed by atoms with E-state index in [1.807, 2.05) is 27.7 Å². The van der Waals surface area contributed by atoms with Crippen molar-refractivity contribution in [1.29, 1.82) is 0 Å². The van der Waals surface area contributed by atoms with Crippen molar-refractivity contribution in [2.24, 2.45) is 0 Å². The zero-order valence-electron chi connectivity index (χ0n) is 19.1. The Morgan fingerprint density at radius 2 is 0.714 bits per heavy atom. The Hall–Kier alpha value is 0.0631. The van der Waals surface area contributed by atoms with E-state index in [1.54, 1.807) is 0 Å². The van der Waals surface area contributed by atoms with Crippen molar-refractivity contribution >= 4 is 11.6 Å². The third kappa shape index (κ3) is 113. The average molecular weight is 484 g/mol. The summed E-state index contributed by atoms with van der Waals surface area (Å²) < 4.78 is 0. The standard InChI is InChI=1S/C5H8O2.4C4H9O.Zr/c1-4(6)3-5(2)7;4*1-2-3-4-5;/h3H2,1-2H3;4*2-4H2,1H3;/q;4*-1;+4. The maximum Gasteiger partial charge on any atom is 4.00 e. The fourth-order valence-corrected chi connectivity index (χ4v) is 0.928. The molecule has 0 saturated heterocycles. The van der Waals surface area contributed by atoms with E-state index in [1.165, 1.54) is 13.8 Å². The van der Waals surface area contributed by atoms with Gasteiger partial charge in [0.1, 0.15) is 11.6 Å². The maximum atomic E-state index is 10.0. The van der Waals surface area contributed by atoms with Crippen molar-refractivity contribution in [2.75, 3.05) is 26.4 Å². The van der Waals surface area contributed by atoms with Crippen LogP contribution < -0.4 is 20.4 Å². The molecule has 0 unspecified atom stereocenters. The van der Waals surface area contributed by atoms with Gasteiger partial charge in [-0.15, -0.1) is 26.4 Å². The predicted octanol–water partition coefficient (Wildman–Crippen LogP) is 1.14. The molecule has 0 bridgehead atoms. The van der Waals surface area contributed by atoms with Crippen LogP contribution in [0.15, 0.2) is 0 Å². The predicted molar refractivity (Wildman–Crippen MR) is 105 cm³/mol. The first kappa shape index (κ1) is 42.2. The molecular formula is C21H44O6Zr. The zero-order valence-corrected chi connectivity index (χ0v) is 21.6. The molecule has 0 fully saturated rings. The fourth-order valence-electron chi connectivity index (χ4n) is 0.928. The third-order valence-corrected chi connectivity index (χ3v) is 2.49. The second-order valence-corrected chi connectivity index (χ2v) is 5.81. The summed E-state index contributed by atoms with van der Waals surface area (Å²) in [6, 6.07) is 0. The number of carbonyl (C=O) groups is 2. The third-order valence-electron chi connectivity index (χ3n) is 2.49. The number of carbonyl (C=O) groups excluding carboxylic acids is 2. The number of rotatable bonds is 10. The van der Waals surface area contributed by atoms with Crippen molar-refractivity contribution in [3.05, 3.63) is 0 Å². The van der Waals surface area contributed by atoms with Gasteiger partial charge in [-0.3, -0.25) is 9.59 Å². The molecule has 0 spiro atoms. The van der Waals surface area contributed by atoms with Crippen molar-refractivity contribution in [2.45, 2.75) is 99.3 Å². The van der Waals surface area contributed by atoms with Crippen molar-refractivity contribution < 1.29 is 56.2 Å². The number of hydrogen-bond acceptors (Lipinski definition) is 6. The molecule has 0 saturated carbocycles. The summed E-state index contributed by atoms with van der Waals surface area (Å²) >= 11 is 0. The minimum Gasteiger partial charge on any atom is -0.854 e. The molecule has 0 N–H and O–H groups in total. The van der Waals surface area contributed by atoms with Crippen molar-refractivity contribution in [1.82, 2.24) is 0 Å².